The van der Waals surface area contributed by atoms with Gasteiger partial charge in [-0.25, -0.2) is 0 Å². The SMILES string of the molecule is OCCCCC1=COB(c2ccc(CO)cc2)O1. The third-order valence-electron chi connectivity index (χ3n) is 2.85. The maximum absolute atomic E-state index is 8.96. The Morgan fingerprint density at radius 3 is 2.50 bits per heavy atom. The molecule has 1 aromatic rings. The fraction of sp³-hybridized carbons (Fsp3) is 0.385. The summed E-state index contributed by atoms with van der Waals surface area (Å²) in [4.78, 5) is 0. The van der Waals surface area contributed by atoms with E-state index in [1.165, 1.54) is 0 Å². The van der Waals surface area contributed by atoms with Crippen molar-refractivity contribution >= 4 is 12.6 Å². The second-order valence-electron chi connectivity index (χ2n) is 4.25. The van der Waals surface area contributed by atoms with Crippen molar-refractivity contribution in [3.05, 3.63) is 41.9 Å². The molecule has 1 aliphatic rings. The number of aliphatic hydroxyl groups excluding tert-OH is 2. The Morgan fingerprint density at radius 1 is 1.06 bits per heavy atom. The zero-order chi connectivity index (χ0) is 12.8. The molecule has 1 aromatic carbocycles. The van der Waals surface area contributed by atoms with Gasteiger partial charge in [-0.15, -0.1) is 0 Å². The van der Waals surface area contributed by atoms with Gasteiger partial charge in [-0.3, -0.25) is 0 Å². The fourth-order valence-corrected chi connectivity index (χ4v) is 1.79. The maximum atomic E-state index is 8.96. The molecule has 2 N–H and O–H groups in total. The number of rotatable bonds is 6. The summed E-state index contributed by atoms with van der Waals surface area (Å²) in [7, 11) is -0.387. The highest BCUT2D eigenvalue weighted by molar-refractivity contribution is 6.62. The third-order valence-corrected chi connectivity index (χ3v) is 2.85. The second kappa shape index (κ2) is 6.47. The second-order valence-corrected chi connectivity index (χ2v) is 4.25. The van der Waals surface area contributed by atoms with Crippen molar-refractivity contribution < 1.29 is 19.5 Å². The van der Waals surface area contributed by atoms with Crippen molar-refractivity contribution in [2.24, 2.45) is 0 Å². The topological polar surface area (TPSA) is 58.9 Å². The average molecular weight is 248 g/mol. The Labute approximate surface area is 107 Å². The molecular weight excluding hydrogens is 231 g/mol. The highest BCUT2D eigenvalue weighted by atomic mass is 16.6. The summed E-state index contributed by atoms with van der Waals surface area (Å²) in [6.45, 7) is 0.248. The molecule has 1 aliphatic heterocycles. The van der Waals surface area contributed by atoms with Crippen LogP contribution >= 0.6 is 0 Å². The van der Waals surface area contributed by atoms with Gasteiger partial charge < -0.3 is 19.5 Å². The van der Waals surface area contributed by atoms with E-state index in [0.29, 0.717) is 0 Å². The van der Waals surface area contributed by atoms with E-state index in [1.807, 2.05) is 24.3 Å². The number of benzene rings is 1. The normalized spacial score (nSPS) is 14.1. The lowest BCUT2D eigenvalue weighted by molar-refractivity contribution is 0.281. The first-order valence-corrected chi connectivity index (χ1v) is 6.15. The van der Waals surface area contributed by atoms with Gasteiger partial charge in [-0.2, -0.15) is 0 Å². The summed E-state index contributed by atoms with van der Waals surface area (Å²) in [5, 5.41) is 17.7. The van der Waals surface area contributed by atoms with Gasteiger partial charge in [0.1, 0.15) is 12.0 Å². The van der Waals surface area contributed by atoms with E-state index in [1.54, 1.807) is 6.26 Å². The van der Waals surface area contributed by atoms with E-state index < -0.39 is 0 Å². The number of allylic oxidation sites excluding steroid dienone is 1. The Morgan fingerprint density at radius 2 is 1.83 bits per heavy atom. The van der Waals surface area contributed by atoms with Gasteiger partial charge in [-0.05, 0) is 18.4 Å². The Kier molecular flexibility index (Phi) is 4.67. The lowest BCUT2D eigenvalue weighted by Crippen LogP contribution is -2.31. The summed E-state index contributed by atoms with van der Waals surface area (Å²) in [5.74, 6) is 0.819. The molecule has 0 amide bonds. The summed E-state index contributed by atoms with van der Waals surface area (Å²) in [6.07, 6.45) is 4.09. The molecule has 5 heteroatoms. The van der Waals surface area contributed by atoms with E-state index in [-0.39, 0.29) is 20.3 Å². The van der Waals surface area contributed by atoms with Gasteiger partial charge in [-0.1, -0.05) is 24.3 Å². The van der Waals surface area contributed by atoms with E-state index in [4.69, 9.17) is 19.5 Å². The summed E-state index contributed by atoms with van der Waals surface area (Å²) < 4.78 is 11.1. The first kappa shape index (κ1) is 13.0. The number of hydrogen-bond acceptors (Lipinski definition) is 4. The van der Waals surface area contributed by atoms with Crippen LogP contribution in [0.1, 0.15) is 24.8 Å². The fourth-order valence-electron chi connectivity index (χ4n) is 1.79. The zero-order valence-electron chi connectivity index (χ0n) is 10.2. The predicted molar refractivity (Wildman–Crippen MR) is 68.9 cm³/mol. The quantitative estimate of drug-likeness (QED) is 0.580. The van der Waals surface area contributed by atoms with Gasteiger partial charge in [0.05, 0.1) is 6.61 Å². The number of unbranched alkanes of at least 4 members (excludes halogenated alkanes) is 1. The molecule has 0 spiro atoms. The van der Waals surface area contributed by atoms with Crippen LogP contribution in [0.2, 0.25) is 0 Å². The third kappa shape index (κ3) is 3.27. The molecule has 0 unspecified atom stereocenters. The maximum Gasteiger partial charge on any atom is 0.632 e. The minimum atomic E-state index is -0.387. The van der Waals surface area contributed by atoms with Crippen LogP contribution < -0.4 is 5.46 Å². The van der Waals surface area contributed by atoms with E-state index in [2.05, 4.69) is 0 Å². The predicted octanol–water partition coefficient (Wildman–Crippen LogP) is 0.925. The van der Waals surface area contributed by atoms with Crippen molar-refractivity contribution in [3.63, 3.8) is 0 Å². The monoisotopic (exact) mass is 248 g/mol. The molecule has 2 rings (SSSR count). The van der Waals surface area contributed by atoms with Crippen LogP contribution in [0.15, 0.2) is 36.3 Å². The first-order chi connectivity index (χ1) is 8.83. The van der Waals surface area contributed by atoms with Crippen molar-refractivity contribution in [2.45, 2.75) is 25.9 Å². The van der Waals surface area contributed by atoms with Crippen LogP contribution in [0.5, 0.6) is 0 Å². The summed E-state index contributed by atoms with van der Waals surface area (Å²) >= 11 is 0. The van der Waals surface area contributed by atoms with Crippen LogP contribution in [-0.4, -0.2) is 23.9 Å². The molecule has 1 heterocycles. The Bertz CT molecular complexity index is 402. The van der Waals surface area contributed by atoms with E-state index >= 15 is 0 Å². The van der Waals surface area contributed by atoms with Crippen LogP contribution in [0, 0.1) is 0 Å². The van der Waals surface area contributed by atoms with Crippen molar-refractivity contribution in [1.29, 1.82) is 0 Å². The molecule has 0 bridgehead atoms. The van der Waals surface area contributed by atoms with Crippen LogP contribution in [0.25, 0.3) is 0 Å². The minimum Gasteiger partial charge on any atom is -0.525 e. The molecule has 96 valence electrons. The Hall–Kier alpha value is -1.46. The molecule has 0 atom stereocenters. The van der Waals surface area contributed by atoms with Gasteiger partial charge in [0.15, 0.2) is 0 Å². The lowest BCUT2D eigenvalue weighted by atomic mass is 9.79. The van der Waals surface area contributed by atoms with Gasteiger partial charge in [0.2, 0.25) is 0 Å². The summed E-state index contributed by atoms with van der Waals surface area (Å²) in [5.41, 5.74) is 1.80. The Balaban J connectivity index is 1.85. The molecule has 4 nitrogen and oxygen atoms in total. The molecule has 0 aliphatic carbocycles. The first-order valence-electron chi connectivity index (χ1n) is 6.15. The largest absolute Gasteiger partial charge is 0.632 e. The van der Waals surface area contributed by atoms with Gasteiger partial charge in [0, 0.05) is 18.5 Å². The molecule has 0 saturated heterocycles. The molecule has 0 radical (unpaired) electrons. The van der Waals surface area contributed by atoms with Crippen molar-refractivity contribution in [2.75, 3.05) is 6.61 Å². The zero-order valence-corrected chi connectivity index (χ0v) is 10.2. The van der Waals surface area contributed by atoms with Crippen LogP contribution in [0.3, 0.4) is 0 Å². The highest BCUT2D eigenvalue weighted by Gasteiger charge is 2.30. The molecule has 18 heavy (non-hydrogen) atoms. The molecule has 0 aromatic heterocycles. The lowest BCUT2D eigenvalue weighted by Gasteiger charge is -2.07. The van der Waals surface area contributed by atoms with Crippen molar-refractivity contribution in [3.8, 4) is 0 Å². The van der Waals surface area contributed by atoms with Crippen molar-refractivity contribution in [1.82, 2.24) is 0 Å². The standard InChI is InChI=1S/C13H17BO4/c15-8-2-1-3-13-10-17-14(18-13)12-6-4-11(9-16)5-7-12/h4-7,10,15-16H,1-3,8-9H2. The van der Waals surface area contributed by atoms with Crippen LogP contribution in [-0.2, 0) is 15.9 Å². The number of aliphatic hydroxyl groups is 2. The van der Waals surface area contributed by atoms with Gasteiger partial charge in [0.25, 0.3) is 0 Å². The average Bonchev–Trinajstić information content (AvgIpc) is 2.88. The van der Waals surface area contributed by atoms with E-state index in [0.717, 1.165) is 36.0 Å². The summed E-state index contributed by atoms with van der Waals surface area (Å²) in [6, 6.07) is 7.49. The minimum absolute atomic E-state index is 0.0390. The van der Waals surface area contributed by atoms with E-state index in [9.17, 15) is 0 Å². The smallest absolute Gasteiger partial charge is 0.525 e. The molecular formula is C13H17BO4. The highest BCUT2D eigenvalue weighted by Crippen LogP contribution is 2.17. The van der Waals surface area contributed by atoms with Gasteiger partial charge >= 0.3 is 7.12 Å². The molecule has 0 saturated carbocycles. The van der Waals surface area contributed by atoms with Crippen LogP contribution in [0.4, 0.5) is 0 Å². The number of hydrogen-bond donors (Lipinski definition) is 2. The molecule has 0 fully saturated rings.